The lowest BCUT2D eigenvalue weighted by Crippen LogP contribution is -2.52. The smallest absolute Gasteiger partial charge is 0.230 e. The Balaban J connectivity index is 1.52. The Bertz CT molecular complexity index is 991. The fraction of sp³-hybridized carbons (Fsp3) is 0.400. The van der Waals surface area contributed by atoms with Crippen LogP contribution in [0.25, 0.3) is 6.20 Å². The SMILES string of the molecule is COC1=CC(C(=O)N2CCC3(CC2)N/C=C/C(OC)=C\C=C\n2cccc23)CC(OC)=C1. The minimum absolute atomic E-state index is 0.118. The monoisotopic (exact) mass is 437 g/mol. The van der Waals surface area contributed by atoms with Crippen LogP contribution in [0, 0.1) is 5.92 Å². The van der Waals surface area contributed by atoms with Gasteiger partial charge in [-0.3, -0.25) is 4.79 Å². The second kappa shape index (κ2) is 9.42. The number of hydrogen-bond acceptors (Lipinski definition) is 5. The van der Waals surface area contributed by atoms with Crippen LogP contribution in [0.3, 0.4) is 0 Å². The molecule has 32 heavy (non-hydrogen) atoms. The Kier molecular flexibility index (Phi) is 6.44. The normalized spacial score (nSPS) is 25.8. The summed E-state index contributed by atoms with van der Waals surface area (Å²) in [6.07, 6.45) is 17.8. The van der Waals surface area contributed by atoms with Gasteiger partial charge in [0.1, 0.15) is 17.3 Å². The molecule has 1 atom stereocenters. The van der Waals surface area contributed by atoms with Crippen molar-refractivity contribution in [2.24, 2.45) is 5.92 Å². The van der Waals surface area contributed by atoms with Gasteiger partial charge < -0.3 is 29.0 Å². The first-order valence-corrected chi connectivity index (χ1v) is 10.9. The van der Waals surface area contributed by atoms with Gasteiger partial charge in [0.25, 0.3) is 0 Å². The second-order valence-corrected chi connectivity index (χ2v) is 8.20. The Morgan fingerprint density at radius 3 is 2.62 bits per heavy atom. The molecule has 0 radical (unpaired) electrons. The summed E-state index contributed by atoms with van der Waals surface area (Å²) in [7, 11) is 4.90. The van der Waals surface area contributed by atoms with Crippen LogP contribution in [0.15, 0.2) is 72.2 Å². The summed E-state index contributed by atoms with van der Waals surface area (Å²) in [6, 6.07) is 4.20. The van der Waals surface area contributed by atoms with Crippen molar-refractivity contribution < 1.29 is 19.0 Å². The molecule has 3 aliphatic rings. The highest BCUT2D eigenvalue weighted by molar-refractivity contribution is 5.81. The molecule has 1 spiro atoms. The molecule has 1 aromatic rings. The Hall–Kier alpha value is -3.35. The van der Waals surface area contributed by atoms with Crippen LogP contribution < -0.4 is 5.32 Å². The van der Waals surface area contributed by atoms with Gasteiger partial charge in [-0.2, -0.15) is 0 Å². The molecule has 1 N–H and O–H groups in total. The lowest BCUT2D eigenvalue weighted by molar-refractivity contribution is -0.136. The standard InChI is InChI=1S/C25H31N3O4/c1-30-20-6-4-12-27-13-5-7-23(27)25(26-11-8-20)9-14-28(15-10-25)24(29)19-16-21(31-2)18-22(17-19)32-3/h4-8,11-13,16,18-19,26H,9-10,14-15,17H2,1-3H3/b11-8+,12-4+,20-6+. The lowest BCUT2D eigenvalue weighted by Gasteiger charge is -2.43. The predicted molar refractivity (Wildman–Crippen MR) is 123 cm³/mol. The maximum atomic E-state index is 13.3. The van der Waals surface area contributed by atoms with Gasteiger partial charge in [-0.05, 0) is 49.3 Å². The number of amides is 1. The number of aromatic nitrogens is 1. The summed E-state index contributed by atoms with van der Waals surface area (Å²) < 4.78 is 18.3. The molecule has 1 fully saturated rings. The Morgan fingerprint density at radius 2 is 1.91 bits per heavy atom. The zero-order valence-electron chi connectivity index (χ0n) is 18.9. The van der Waals surface area contributed by atoms with Crippen LogP contribution in [-0.2, 0) is 24.5 Å². The highest BCUT2D eigenvalue weighted by Gasteiger charge is 2.40. The van der Waals surface area contributed by atoms with E-state index in [2.05, 4.69) is 28.2 Å². The van der Waals surface area contributed by atoms with Crippen molar-refractivity contribution >= 4 is 12.1 Å². The van der Waals surface area contributed by atoms with Crippen molar-refractivity contribution in [1.29, 1.82) is 0 Å². The van der Waals surface area contributed by atoms with E-state index in [1.54, 1.807) is 21.3 Å². The third-order valence-corrected chi connectivity index (χ3v) is 6.45. The minimum Gasteiger partial charge on any atom is -0.501 e. The van der Waals surface area contributed by atoms with Crippen molar-refractivity contribution in [2.45, 2.75) is 24.8 Å². The van der Waals surface area contributed by atoms with E-state index in [4.69, 9.17) is 14.2 Å². The number of nitrogens with one attached hydrogen (secondary N) is 1. The molecule has 2 aliphatic heterocycles. The predicted octanol–water partition coefficient (Wildman–Crippen LogP) is 3.50. The molecular weight excluding hydrogens is 406 g/mol. The van der Waals surface area contributed by atoms with Crippen molar-refractivity contribution in [3.05, 3.63) is 77.9 Å². The van der Waals surface area contributed by atoms with Crippen LogP contribution in [0.1, 0.15) is 25.0 Å². The molecule has 1 aromatic heterocycles. The van der Waals surface area contributed by atoms with Crippen LogP contribution in [0.4, 0.5) is 0 Å². The highest BCUT2D eigenvalue weighted by atomic mass is 16.5. The fourth-order valence-corrected chi connectivity index (χ4v) is 4.62. The van der Waals surface area contributed by atoms with Gasteiger partial charge in [-0.1, -0.05) is 0 Å². The second-order valence-electron chi connectivity index (χ2n) is 8.20. The van der Waals surface area contributed by atoms with E-state index in [9.17, 15) is 4.79 Å². The average molecular weight is 438 g/mol. The molecule has 1 amide bonds. The molecule has 170 valence electrons. The van der Waals surface area contributed by atoms with Crippen LogP contribution in [-0.4, -0.2) is 49.8 Å². The fourth-order valence-electron chi connectivity index (χ4n) is 4.62. The summed E-state index contributed by atoms with van der Waals surface area (Å²) in [4.78, 5) is 15.3. The van der Waals surface area contributed by atoms with Crippen molar-refractivity contribution in [3.8, 4) is 0 Å². The van der Waals surface area contributed by atoms with E-state index in [0.29, 0.717) is 25.3 Å². The van der Waals surface area contributed by atoms with Gasteiger partial charge in [0.05, 0.1) is 32.8 Å². The summed E-state index contributed by atoms with van der Waals surface area (Å²) in [5, 5.41) is 3.63. The van der Waals surface area contributed by atoms with Crippen molar-refractivity contribution in [2.75, 3.05) is 34.4 Å². The molecule has 0 saturated carbocycles. The third kappa shape index (κ3) is 4.33. The number of hydrogen-bond donors (Lipinski definition) is 1. The zero-order chi connectivity index (χ0) is 22.6. The number of allylic oxidation sites excluding steroid dienone is 5. The van der Waals surface area contributed by atoms with Crippen LogP contribution in [0.5, 0.6) is 0 Å². The van der Waals surface area contributed by atoms with Crippen molar-refractivity contribution in [3.63, 3.8) is 0 Å². The van der Waals surface area contributed by atoms with Crippen LogP contribution in [0.2, 0.25) is 0 Å². The maximum Gasteiger partial charge on any atom is 0.230 e. The number of ether oxygens (including phenoxy) is 3. The first-order chi connectivity index (χ1) is 15.6. The van der Waals surface area contributed by atoms with E-state index in [0.717, 1.165) is 24.4 Å². The van der Waals surface area contributed by atoms with E-state index in [1.165, 1.54) is 5.69 Å². The third-order valence-electron chi connectivity index (χ3n) is 6.45. The zero-order valence-corrected chi connectivity index (χ0v) is 18.9. The van der Waals surface area contributed by atoms with Crippen molar-refractivity contribution in [1.82, 2.24) is 14.8 Å². The molecule has 0 aromatic carbocycles. The van der Waals surface area contributed by atoms with E-state index >= 15 is 0 Å². The highest BCUT2D eigenvalue weighted by Crippen LogP contribution is 2.35. The largest absolute Gasteiger partial charge is 0.501 e. The number of fused-ring (bicyclic) bond motifs is 2. The Morgan fingerprint density at radius 1 is 1.12 bits per heavy atom. The average Bonchev–Trinajstić information content (AvgIpc) is 3.32. The lowest BCUT2D eigenvalue weighted by atomic mass is 9.83. The number of methoxy groups -OCH3 is 3. The van der Waals surface area contributed by atoms with Gasteiger partial charge in [-0.25, -0.2) is 0 Å². The molecule has 3 heterocycles. The van der Waals surface area contributed by atoms with Gasteiger partial charge >= 0.3 is 0 Å². The molecule has 0 bridgehead atoms. The number of carbonyl (C=O) groups is 1. The van der Waals surface area contributed by atoms with Gasteiger partial charge in [0.2, 0.25) is 5.91 Å². The molecule has 1 saturated heterocycles. The maximum absolute atomic E-state index is 13.3. The molecular formula is C25H31N3O4. The number of likely N-dealkylation sites (tertiary alicyclic amines) is 1. The quantitative estimate of drug-likeness (QED) is 0.781. The first-order valence-electron chi connectivity index (χ1n) is 10.9. The molecule has 1 unspecified atom stereocenters. The van der Waals surface area contributed by atoms with Gasteiger partial charge in [0.15, 0.2) is 0 Å². The number of carbonyl (C=O) groups excluding carboxylic acids is 1. The minimum atomic E-state index is -0.269. The summed E-state index contributed by atoms with van der Waals surface area (Å²) >= 11 is 0. The summed E-state index contributed by atoms with van der Waals surface area (Å²) in [6.45, 7) is 1.33. The summed E-state index contributed by atoms with van der Waals surface area (Å²) in [5.41, 5.74) is 0.915. The molecule has 4 rings (SSSR count). The van der Waals surface area contributed by atoms with Gasteiger partial charge in [-0.15, -0.1) is 0 Å². The van der Waals surface area contributed by atoms with E-state index in [-0.39, 0.29) is 17.4 Å². The van der Waals surface area contributed by atoms with E-state index < -0.39 is 0 Å². The number of nitrogens with zero attached hydrogens (tertiary/aromatic N) is 2. The van der Waals surface area contributed by atoms with E-state index in [1.807, 2.05) is 47.7 Å². The van der Waals surface area contributed by atoms with Crippen LogP contribution >= 0.6 is 0 Å². The summed E-state index contributed by atoms with van der Waals surface area (Å²) in [5.74, 6) is 2.06. The topological polar surface area (TPSA) is 65.0 Å². The molecule has 7 heteroatoms. The molecule has 1 aliphatic carbocycles. The Labute approximate surface area is 189 Å². The van der Waals surface area contributed by atoms with Gasteiger partial charge in [0, 0.05) is 49.9 Å². The number of rotatable bonds is 4. The first kappa shape index (κ1) is 21.9. The number of piperidine rings is 1. The molecule has 7 nitrogen and oxygen atoms in total.